The van der Waals surface area contributed by atoms with E-state index in [-0.39, 0.29) is 36.4 Å². The Kier molecular flexibility index (Phi) is 7.59. The first kappa shape index (κ1) is 20.8. The van der Waals surface area contributed by atoms with Crippen molar-refractivity contribution in [2.45, 2.75) is 38.3 Å². The third kappa shape index (κ3) is 6.69. The van der Waals surface area contributed by atoms with Gasteiger partial charge < -0.3 is 20.4 Å². The van der Waals surface area contributed by atoms with Gasteiger partial charge in [0.25, 0.3) is 0 Å². The second kappa shape index (κ2) is 9.47. The fraction of sp³-hybridized carbons (Fsp3) is 0.526. The number of carboxylic acid groups (broad SMARTS) is 1. The summed E-state index contributed by atoms with van der Waals surface area (Å²) in [5.41, 5.74) is 0.997. The maximum absolute atomic E-state index is 12.4. The molecule has 2 unspecified atom stereocenters. The van der Waals surface area contributed by atoms with E-state index in [0.29, 0.717) is 0 Å². The van der Waals surface area contributed by atoms with Crippen molar-refractivity contribution < 1.29 is 24.5 Å². The number of carboxylic acids is 1. The molecule has 0 bridgehead atoms. The number of allylic oxidation sites excluding steroid dienone is 2. The van der Waals surface area contributed by atoms with Crippen molar-refractivity contribution in [1.82, 2.24) is 5.32 Å². The second-order valence-corrected chi connectivity index (χ2v) is 9.50. The summed E-state index contributed by atoms with van der Waals surface area (Å²) in [6.07, 6.45) is 6.06. The van der Waals surface area contributed by atoms with Crippen LogP contribution in [0.3, 0.4) is 0 Å². The third-order valence-electron chi connectivity index (χ3n) is 4.71. The Balaban J connectivity index is 1.82. The maximum Gasteiger partial charge on any atom is 0.335 e. The molecule has 0 heterocycles. The summed E-state index contributed by atoms with van der Waals surface area (Å²) in [6, 6.07) is 6.42. The second-order valence-electron chi connectivity index (χ2n) is 7.08. The first-order chi connectivity index (χ1) is 12.3. The minimum Gasteiger partial charge on any atom is -0.478 e. The summed E-state index contributed by atoms with van der Waals surface area (Å²) in [5, 5.41) is 22.3. The summed E-state index contributed by atoms with van der Waals surface area (Å²) in [5.74, 6) is -0.772. The Labute approximate surface area is 154 Å². The molecule has 1 aromatic carbocycles. The highest BCUT2D eigenvalue weighted by Gasteiger charge is 2.27. The number of carbonyl (C=O) groups is 1. The van der Waals surface area contributed by atoms with Crippen LogP contribution in [0.4, 0.5) is 0 Å². The molecule has 4 atom stereocenters. The Hall–Kier alpha value is -1.46. The molecule has 0 saturated heterocycles. The lowest BCUT2D eigenvalue weighted by Gasteiger charge is -2.23. The molecule has 26 heavy (non-hydrogen) atoms. The Bertz CT molecular complexity index is 690. The van der Waals surface area contributed by atoms with Gasteiger partial charge in [-0.1, -0.05) is 24.3 Å². The van der Waals surface area contributed by atoms with Crippen molar-refractivity contribution in [2.75, 3.05) is 18.9 Å². The molecule has 0 aliphatic heterocycles. The largest absolute Gasteiger partial charge is 0.478 e. The predicted octanol–water partition coefficient (Wildman–Crippen LogP) is 3.02. The van der Waals surface area contributed by atoms with Crippen LogP contribution in [0.25, 0.3) is 0 Å². The number of rotatable bonds is 9. The normalized spacial score (nSPS) is 21.7. The minimum atomic E-state index is -3.37. The zero-order chi connectivity index (χ0) is 19.2. The van der Waals surface area contributed by atoms with Crippen LogP contribution in [0, 0.1) is 5.92 Å². The van der Waals surface area contributed by atoms with Crippen LogP contribution in [0.5, 0.6) is 0 Å². The van der Waals surface area contributed by atoms with Crippen LogP contribution >= 0.6 is 7.37 Å². The molecule has 0 saturated carbocycles. The Morgan fingerprint density at radius 2 is 2.15 bits per heavy atom. The number of aliphatic hydroxyl groups excluding tert-OH is 1. The number of hydrogen-bond acceptors (Lipinski definition) is 4. The lowest BCUT2D eigenvalue weighted by molar-refractivity contribution is 0.0696. The summed E-state index contributed by atoms with van der Waals surface area (Å²) < 4.78 is 12.4. The van der Waals surface area contributed by atoms with Gasteiger partial charge in [0.2, 0.25) is 7.37 Å². The van der Waals surface area contributed by atoms with Gasteiger partial charge in [0.05, 0.1) is 17.8 Å². The molecule has 7 heteroatoms. The smallest absolute Gasteiger partial charge is 0.335 e. The fourth-order valence-electron chi connectivity index (χ4n) is 3.27. The van der Waals surface area contributed by atoms with Gasteiger partial charge in [-0.15, -0.1) is 0 Å². The van der Waals surface area contributed by atoms with Crippen molar-refractivity contribution in [3.05, 3.63) is 47.5 Å². The van der Waals surface area contributed by atoms with Crippen molar-refractivity contribution >= 4 is 13.3 Å². The molecule has 4 N–H and O–H groups in total. The van der Waals surface area contributed by atoms with E-state index < -0.39 is 19.4 Å². The molecule has 6 nitrogen and oxygen atoms in total. The Morgan fingerprint density at radius 3 is 2.81 bits per heavy atom. The van der Waals surface area contributed by atoms with Gasteiger partial charge in [0.1, 0.15) is 0 Å². The zero-order valence-corrected chi connectivity index (χ0v) is 15.9. The molecule has 1 aromatic rings. The standard InChI is InChI=1S/C19H28NO5P/c1-14(16-8-5-9-17(10-16)19(22)23)20-11-18(21)13-26(24,25)12-15-6-3-2-4-7-15/h2-3,5,8-10,14-15,18,20-21H,4,6-7,11-13H2,1H3,(H,22,23)(H,24,25)/t14-,15?,18-/m1/s1. The highest BCUT2D eigenvalue weighted by atomic mass is 31.2. The van der Waals surface area contributed by atoms with E-state index in [1.807, 2.05) is 13.0 Å². The van der Waals surface area contributed by atoms with Crippen LogP contribution < -0.4 is 5.32 Å². The maximum atomic E-state index is 12.4. The van der Waals surface area contributed by atoms with Crippen molar-refractivity contribution in [2.24, 2.45) is 5.92 Å². The lowest BCUT2D eigenvalue weighted by Crippen LogP contribution is -2.32. The van der Waals surface area contributed by atoms with E-state index in [9.17, 15) is 19.4 Å². The zero-order valence-electron chi connectivity index (χ0n) is 15.0. The van der Waals surface area contributed by atoms with E-state index in [1.165, 1.54) is 6.07 Å². The molecular formula is C19H28NO5P. The highest BCUT2D eigenvalue weighted by molar-refractivity contribution is 7.58. The van der Waals surface area contributed by atoms with Crippen molar-refractivity contribution in [1.29, 1.82) is 0 Å². The average Bonchev–Trinajstić information content (AvgIpc) is 2.59. The van der Waals surface area contributed by atoms with Gasteiger partial charge in [-0.25, -0.2) is 4.79 Å². The summed E-state index contributed by atoms with van der Waals surface area (Å²) in [6.45, 7) is 2.04. The number of nitrogens with one attached hydrogen (secondary N) is 1. The molecular weight excluding hydrogens is 353 g/mol. The SMILES string of the molecule is C[C@@H](NC[C@@H](O)CP(=O)(O)CC1CC=CCC1)c1cccc(C(=O)O)c1. The topological polar surface area (TPSA) is 107 Å². The van der Waals surface area contributed by atoms with Gasteiger partial charge in [0.15, 0.2) is 0 Å². The third-order valence-corrected chi connectivity index (χ3v) is 6.79. The van der Waals surface area contributed by atoms with Gasteiger partial charge in [0, 0.05) is 18.7 Å². The summed E-state index contributed by atoms with van der Waals surface area (Å²) in [7, 11) is -3.37. The van der Waals surface area contributed by atoms with Crippen LogP contribution in [0.15, 0.2) is 36.4 Å². The first-order valence-electron chi connectivity index (χ1n) is 8.97. The fourth-order valence-corrected chi connectivity index (χ4v) is 5.34. The van der Waals surface area contributed by atoms with Crippen LogP contribution in [0.2, 0.25) is 0 Å². The molecule has 144 valence electrons. The molecule has 2 rings (SSSR count). The molecule has 1 aliphatic rings. The summed E-state index contributed by atoms with van der Waals surface area (Å²) in [4.78, 5) is 21.2. The van der Waals surface area contributed by atoms with Crippen LogP contribution in [-0.4, -0.2) is 46.0 Å². The van der Waals surface area contributed by atoms with E-state index in [4.69, 9.17) is 5.11 Å². The average molecular weight is 381 g/mol. The molecule has 0 fully saturated rings. The molecule has 0 radical (unpaired) electrons. The molecule has 1 aliphatic carbocycles. The summed E-state index contributed by atoms with van der Waals surface area (Å²) >= 11 is 0. The Morgan fingerprint density at radius 1 is 1.38 bits per heavy atom. The van der Waals surface area contributed by atoms with E-state index in [0.717, 1.165) is 24.8 Å². The quantitative estimate of drug-likeness (QED) is 0.387. The van der Waals surface area contributed by atoms with Crippen LogP contribution in [-0.2, 0) is 4.57 Å². The minimum absolute atomic E-state index is 0.123. The number of aliphatic hydroxyl groups is 1. The molecule has 0 amide bonds. The van der Waals surface area contributed by atoms with Gasteiger partial charge in [-0.05, 0) is 49.8 Å². The van der Waals surface area contributed by atoms with Gasteiger partial charge >= 0.3 is 5.97 Å². The molecule has 0 aromatic heterocycles. The molecule has 0 spiro atoms. The number of aromatic carboxylic acids is 1. The highest BCUT2D eigenvalue weighted by Crippen LogP contribution is 2.45. The van der Waals surface area contributed by atoms with E-state index in [2.05, 4.69) is 17.5 Å². The number of benzene rings is 1. The van der Waals surface area contributed by atoms with Crippen LogP contribution in [0.1, 0.15) is 48.1 Å². The first-order valence-corrected chi connectivity index (χ1v) is 11.0. The lowest BCUT2D eigenvalue weighted by atomic mass is 9.96. The predicted molar refractivity (Wildman–Crippen MR) is 102 cm³/mol. The van der Waals surface area contributed by atoms with Crippen molar-refractivity contribution in [3.8, 4) is 0 Å². The number of hydrogen-bond donors (Lipinski definition) is 4. The van der Waals surface area contributed by atoms with E-state index in [1.54, 1.807) is 12.1 Å². The van der Waals surface area contributed by atoms with Crippen molar-refractivity contribution in [3.63, 3.8) is 0 Å². The van der Waals surface area contributed by atoms with Gasteiger partial charge in [-0.2, -0.15) is 0 Å². The monoisotopic (exact) mass is 381 g/mol. The van der Waals surface area contributed by atoms with E-state index >= 15 is 0 Å². The van der Waals surface area contributed by atoms with Gasteiger partial charge in [-0.3, -0.25) is 4.57 Å².